The summed E-state index contributed by atoms with van der Waals surface area (Å²) in [6.45, 7) is 14.2. The molecule has 0 aromatic heterocycles. The van der Waals surface area contributed by atoms with E-state index in [4.69, 9.17) is 4.74 Å². The number of hydrogen-bond acceptors (Lipinski definition) is 2. The quantitative estimate of drug-likeness (QED) is 0.463. The number of likely N-dealkylation sites (tertiary alicyclic amines) is 1. The molecule has 0 radical (unpaired) electrons. The van der Waals surface area contributed by atoms with Crippen LogP contribution < -0.4 is 5.32 Å². The molecule has 0 amide bonds. The Hall–Kier alpha value is -0.770. The van der Waals surface area contributed by atoms with Crippen LogP contribution in [0.3, 0.4) is 0 Å². The van der Waals surface area contributed by atoms with Crippen LogP contribution in [0.5, 0.6) is 0 Å². The zero-order valence-corrected chi connectivity index (χ0v) is 12.4. The van der Waals surface area contributed by atoms with Gasteiger partial charge in [-0.05, 0) is 32.1 Å². The van der Waals surface area contributed by atoms with E-state index in [9.17, 15) is 0 Å². The van der Waals surface area contributed by atoms with Crippen LogP contribution in [-0.4, -0.2) is 50.3 Å². The Labute approximate surface area is 112 Å². The van der Waals surface area contributed by atoms with Gasteiger partial charge in [0.25, 0.3) is 0 Å². The largest absolute Gasteiger partial charge is 0.380 e. The molecule has 1 heterocycles. The van der Waals surface area contributed by atoms with Gasteiger partial charge in [-0.2, -0.15) is 0 Å². The third-order valence-electron chi connectivity index (χ3n) is 3.20. The summed E-state index contributed by atoms with van der Waals surface area (Å²) in [5.41, 5.74) is 0. The minimum atomic E-state index is 0.713. The molecule has 0 aliphatic carbocycles. The molecule has 0 bridgehead atoms. The lowest BCUT2D eigenvalue weighted by atomic mass is 9.92. The lowest BCUT2D eigenvalue weighted by Crippen LogP contribution is -2.48. The van der Waals surface area contributed by atoms with E-state index in [0.29, 0.717) is 6.61 Å². The van der Waals surface area contributed by atoms with Crippen molar-refractivity contribution in [3.05, 3.63) is 0 Å². The number of aliphatic imine (C=N–C) groups is 1. The number of guanidine groups is 1. The summed E-state index contributed by atoms with van der Waals surface area (Å²) in [4.78, 5) is 7.05. The van der Waals surface area contributed by atoms with Gasteiger partial charge in [0, 0.05) is 26.2 Å². The van der Waals surface area contributed by atoms with Gasteiger partial charge in [0.05, 0.1) is 13.2 Å². The van der Waals surface area contributed by atoms with Crippen LogP contribution in [0, 0.1) is 11.8 Å². The predicted octanol–water partition coefficient (Wildman–Crippen LogP) is 1.97. The van der Waals surface area contributed by atoms with Gasteiger partial charge in [-0.25, -0.2) is 0 Å². The number of rotatable bonds is 5. The molecule has 0 saturated carbocycles. The van der Waals surface area contributed by atoms with E-state index in [1.807, 2.05) is 6.92 Å². The molecule has 4 heteroatoms. The fourth-order valence-electron chi connectivity index (χ4n) is 2.62. The molecular formula is C14H29N3O. The second kappa shape index (κ2) is 8.35. The summed E-state index contributed by atoms with van der Waals surface area (Å²) in [5, 5.41) is 3.39. The van der Waals surface area contributed by atoms with E-state index in [0.717, 1.165) is 50.6 Å². The number of piperidine rings is 1. The van der Waals surface area contributed by atoms with Gasteiger partial charge in [0.2, 0.25) is 0 Å². The van der Waals surface area contributed by atoms with Gasteiger partial charge in [-0.15, -0.1) is 0 Å². The Morgan fingerprint density at radius 2 is 1.94 bits per heavy atom. The third-order valence-corrected chi connectivity index (χ3v) is 3.20. The molecule has 106 valence electrons. The first-order chi connectivity index (χ1) is 8.67. The van der Waals surface area contributed by atoms with E-state index in [1.165, 1.54) is 6.42 Å². The summed E-state index contributed by atoms with van der Waals surface area (Å²) in [5.74, 6) is 2.56. The average molecular weight is 255 g/mol. The van der Waals surface area contributed by atoms with Gasteiger partial charge < -0.3 is 15.0 Å². The second-order valence-corrected chi connectivity index (χ2v) is 5.28. The number of nitrogens with one attached hydrogen (secondary N) is 1. The lowest BCUT2D eigenvalue weighted by Gasteiger charge is -2.37. The normalized spacial score (nSPS) is 25.3. The molecule has 1 aliphatic heterocycles. The molecule has 0 aromatic rings. The highest BCUT2D eigenvalue weighted by molar-refractivity contribution is 5.80. The van der Waals surface area contributed by atoms with Crippen molar-refractivity contribution in [3.63, 3.8) is 0 Å². The summed E-state index contributed by atoms with van der Waals surface area (Å²) >= 11 is 0. The van der Waals surface area contributed by atoms with E-state index < -0.39 is 0 Å². The molecule has 1 aliphatic rings. The Balaban J connectivity index is 2.53. The van der Waals surface area contributed by atoms with E-state index >= 15 is 0 Å². The molecule has 4 nitrogen and oxygen atoms in total. The Kier molecular flexibility index (Phi) is 7.09. The van der Waals surface area contributed by atoms with Gasteiger partial charge in [-0.3, -0.25) is 4.99 Å². The third kappa shape index (κ3) is 5.25. The van der Waals surface area contributed by atoms with Crippen LogP contribution in [-0.2, 0) is 4.74 Å². The standard InChI is InChI=1S/C14H29N3O/c1-5-15-14(16-7-8-18-6-2)17-10-12(3)9-13(4)11-17/h12-13H,5-11H2,1-4H3,(H,15,16). The Morgan fingerprint density at radius 3 is 2.50 bits per heavy atom. The molecule has 1 saturated heterocycles. The SMILES string of the molecule is CCNC(=NCCOCC)N1CC(C)CC(C)C1. The van der Waals surface area contributed by atoms with Crippen molar-refractivity contribution < 1.29 is 4.74 Å². The monoisotopic (exact) mass is 255 g/mol. The highest BCUT2D eigenvalue weighted by Crippen LogP contribution is 2.20. The van der Waals surface area contributed by atoms with Crippen molar-refractivity contribution in [2.75, 3.05) is 39.4 Å². The lowest BCUT2D eigenvalue weighted by molar-refractivity contribution is 0.155. The maximum absolute atomic E-state index is 5.34. The van der Waals surface area contributed by atoms with Crippen LogP contribution in [0.4, 0.5) is 0 Å². The van der Waals surface area contributed by atoms with Gasteiger partial charge in [0.15, 0.2) is 5.96 Å². The van der Waals surface area contributed by atoms with Crippen LogP contribution in [0.25, 0.3) is 0 Å². The van der Waals surface area contributed by atoms with Crippen LogP contribution in [0.1, 0.15) is 34.1 Å². The summed E-state index contributed by atoms with van der Waals surface area (Å²) < 4.78 is 5.34. The zero-order chi connectivity index (χ0) is 13.4. The molecule has 2 atom stereocenters. The van der Waals surface area contributed by atoms with Gasteiger partial charge in [-0.1, -0.05) is 13.8 Å². The molecule has 2 unspecified atom stereocenters. The van der Waals surface area contributed by atoms with Crippen molar-refractivity contribution in [2.45, 2.75) is 34.1 Å². The highest BCUT2D eigenvalue weighted by atomic mass is 16.5. The summed E-state index contributed by atoms with van der Waals surface area (Å²) in [6, 6.07) is 0. The number of ether oxygens (including phenoxy) is 1. The first-order valence-electron chi connectivity index (χ1n) is 7.28. The molecule has 1 N–H and O–H groups in total. The van der Waals surface area contributed by atoms with E-state index in [-0.39, 0.29) is 0 Å². The average Bonchev–Trinajstić information content (AvgIpc) is 2.32. The zero-order valence-electron chi connectivity index (χ0n) is 12.4. The second-order valence-electron chi connectivity index (χ2n) is 5.28. The van der Waals surface area contributed by atoms with E-state index in [1.54, 1.807) is 0 Å². The van der Waals surface area contributed by atoms with Crippen molar-refractivity contribution in [1.29, 1.82) is 0 Å². The minimum absolute atomic E-state index is 0.713. The molecule has 0 aromatic carbocycles. The van der Waals surface area contributed by atoms with Crippen LogP contribution >= 0.6 is 0 Å². The molecule has 1 rings (SSSR count). The number of hydrogen-bond donors (Lipinski definition) is 1. The smallest absolute Gasteiger partial charge is 0.194 e. The van der Waals surface area contributed by atoms with Gasteiger partial charge in [0.1, 0.15) is 0 Å². The van der Waals surface area contributed by atoms with Crippen LogP contribution in [0.2, 0.25) is 0 Å². The Morgan fingerprint density at radius 1 is 1.28 bits per heavy atom. The molecule has 18 heavy (non-hydrogen) atoms. The van der Waals surface area contributed by atoms with Crippen molar-refractivity contribution in [3.8, 4) is 0 Å². The fourth-order valence-corrected chi connectivity index (χ4v) is 2.62. The first-order valence-corrected chi connectivity index (χ1v) is 7.28. The van der Waals surface area contributed by atoms with Crippen molar-refractivity contribution in [1.82, 2.24) is 10.2 Å². The molecule has 0 spiro atoms. The Bertz CT molecular complexity index is 245. The topological polar surface area (TPSA) is 36.9 Å². The first kappa shape index (κ1) is 15.3. The van der Waals surface area contributed by atoms with Crippen molar-refractivity contribution in [2.24, 2.45) is 16.8 Å². The van der Waals surface area contributed by atoms with Crippen molar-refractivity contribution >= 4 is 5.96 Å². The fraction of sp³-hybridized carbons (Fsp3) is 0.929. The summed E-state index contributed by atoms with van der Waals surface area (Å²) in [7, 11) is 0. The maximum Gasteiger partial charge on any atom is 0.194 e. The van der Waals surface area contributed by atoms with E-state index in [2.05, 4.69) is 36.0 Å². The molecular weight excluding hydrogens is 226 g/mol. The minimum Gasteiger partial charge on any atom is -0.380 e. The summed E-state index contributed by atoms with van der Waals surface area (Å²) in [6.07, 6.45) is 1.33. The maximum atomic E-state index is 5.34. The van der Waals surface area contributed by atoms with Crippen LogP contribution in [0.15, 0.2) is 4.99 Å². The number of nitrogens with zero attached hydrogens (tertiary/aromatic N) is 2. The van der Waals surface area contributed by atoms with Gasteiger partial charge >= 0.3 is 0 Å². The predicted molar refractivity (Wildman–Crippen MR) is 77.0 cm³/mol. The molecule has 1 fully saturated rings. The highest BCUT2D eigenvalue weighted by Gasteiger charge is 2.23.